The Kier molecular flexibility index (Phi) is 5.17. The number of anilines is 1. The lowest BCUT2D eigenvalue weighted by Gasteiger charge is -2.09. The van der Waals surface area contributed by atoms with Crippen LogP contribution in [0.25, 0.3) is 0 Å². The lowest BCUT2D eigenvalue weighted by Crippen LogP contribution is -2.29. The van der Waals surface area contributed by atoms with Gasteiger partial charge >= 0.3 is 5.97 Å². The summed E-state index contributed by atoms with van der Waals surface area (Å²) in [7, 11) is 0. The summed E-state index contributed by atoms with van der Waals surface area (Å²) in [5, 5.41) is 19.7. The molecule has 0 heterocycles. The van der Waals surface area contributed by atoms with Gasteiger partial charge in [-0.2, -0.15) is 5.26 Å². The first-order chi connectivity index (χ1) is 9.04. The van der Waals surface area contributed by atoms with E-state index in [0.29, 0.717) is 5.69 Å². The van der Waals surface area contributed by atoms with Crippen molar-refractivity contribution in [3.05, 3.63) is 23.8 Å². The maximum Gasteiger partial charge on any atom is 0.339 e. The van der Waals surface area contributed by atoms with Crippen LogP contribution >= 0.6 is 0 Å². The first-order valence-corrected chi connectivity index (χ1v) is 5.44. The molecule has 0 fully saturated rings. The second kappa shape index (κ2) is 6.86. The van der Waals surface area contributed by atoms with Crippen molar-refractivity contribution in [1.29, 1.82) is 5.26 Å². The van der Waals surface area contributed by atoms with E-state index >= 15 is 0 Å². The second-order valence-corrected chi connectivity index (χ2v) is 3.61. The van der Waals surface area contributed by atoms with Gasteiger partial charge in [-0.3, -0.25) is 4.79 Å². The van der Waals surface area contributed by atoms with Crippen LogP contribution in [-0.4, -0.2) is 30.1 Å². The average Bonchev–Trinajstić information content (AvgIpc) is 2.36. The van der Waals surface area contributed by atoms with Crippen LogP contribution in [-0.2, 0) is 4.79 Å². The molecule has 0 radical (unpaired) electrons. The molecule has 0 spiro atoms. The predicted molar refractivity (Wildman–Crippen MR) is 66.5 cm³/mol. The van der Waals surface area contributed by atoms with Crippen LogP contribution in [0.1, 0.15) is 16.8 Å². The van der Waals surface area contributed by atoms with Crippen LogP contribution in [0.4, 0.5) is 5.69 Å². The Hall–Kier alpha value is -2.75. The molecule has 0 saturated carbocycles. The van der Waals surface area contributed by atoms with E-state index in [2.05, 4.69) is 5.32 Å². The molecule has 1 rings (SSSR count). The van der Waals surface area contributed by atoms with Crippen molar-refractivity contribution < 1.29 is 19.4 Å². The number of ether oxygens (including phenoxy) is 1. The number of hydrogen-bond acceptors (Lipinski definition) is 5. The van der Waals surface area contributed by atoms with Crippen LogP contribution in [0.3, 0.4) is 0 Å². The third-order valence-corrected chi connectivity index (χ3v) is 2.15. The number of carboxylic acid groups (broad SMARTS) is 1. The molecular formula is C12H13N3O4. The van der Waals surface area contributed by atoms with Gasteiger partial charge in [0, 0.05) is 18.3 Å². The number of hydrogen-bond donors (Lipinski definition) is 3. The highest BCUT2D eigenvalue weighted by molar-refractivity contribution is 5.91. The number of carbonyl (C=O) groups excluding carboxylic acids is 1. The van der Waals surface area contributed by atoms with Crippen LogP contribution < -0.4 is 15.8 Å². The fourth-order valence-electron chi connectivity index (χ4n) is 1.29. The van der Waals surface area contributed by atoms with E-state index in [-0.39, 0.29) is 30.9 Å². The fraction of sp³-hybridized carbons (Fsp3) is 0.250. The number of nitriles is 1. The standard InChI is InChI=1S/C12H13N3O4/c13-4-1-5-15-11(16)7-19-10-6-8(14)2-3-9(10)12(17)18/h2-3,6H,1,5,7,14H2,(H,15,16)(H,17,18). The topological polar surface area (TPSA) is 125 Å². The molecule has 0 saturated heterocycles. The predicted octanol–water partition coefficient (Wildman–Crippen LogP) is 0.376. The lowest BCUT2D eigenvalue weighted by atomic mass is 10.2. The summed E-state index contributed by atoms with van der Waals surface area (Å²) in [5.74, 6) is -1.57. The van der Waals surface area contributed by atoms with E-state index in [4.69, 9.17) is 20.8 Å². The van der Waals surface area contributed by atoms with Gasteiger partial charge < -0.3 is 20.9 Å². The molecule has 19 heavy (non-hydrogen) atoms. The van der Waals surface area contributed by atoms with Crippen LogP contribution in [0.5, 0.6) is 5.75 Å². The minimum atomic E-state index is -1.17. The molecule has 0 aliphatic rings. The Morgan fingerprint density at radius 3 is 2.84 bits per heavy atom. The van der Waals surface area contributed by atoms with E-state index in [0.717, 1.165) is 0 Å². The van der Waals surface area contributed by atoms with Crippen LogP contribution in [0.15, 0.2) is 18.2 Å². The molecule has 1 aromatic carbocycles. The zero-order chi connectivity index (χ0) is 14.3. The van der Waals surface area contributed by atoms with Crippen molar-refractivity contribution >= 4 is 17.6 Å². The molecule has 7 nitrogen and oxygen atoms in total. The van der Waals surface area contributed by atoms with Crippen molar-refractivity contribution in [1.82, 2.24) is 5.32 Å². The van der Waals surface area contributed by atoms with E-state index < -0.39 is 11.9 Å². The third kappa shape index (κ3) is 4.55. The van der Waals surface area contributed by atoms with Crippen molar-refractivity contribution in [2.45, 2.75) is 6.42 Å². The number of benzene rings is 1. The first-order valence-electron chi connectivity index (χ1n) is 5.44. The van der Waals surface area contributed by atoms with Gasteiger partial charge in [-0.05, 0) is 12.1 Å². The summed E-state index contributed by atoms with van der Waals surface area (Å²) in [6, 6.07) is 5.96. The summed E-state index contributed by atoms with van der Waals surface area (Å²) >= 11 is 0. The van der Waals surface area contributed by atoms with Gasteiger partial charge in [-0.15, -0.1) is 0 Å². The molecule has 0 bridgehead atoms. The van der Waals surface area contributed by atoms with E-state index in [9.17, 15) is 9.59 Å². The Balaban J connectivity index is 2.62. The largest absolute Gasteiger partial charge is 0.483 e. The average molecular weight is 263 g/mol. The fourth-order valence-corrected chi connectivity index (χ4v) is 1.29. The SMILES string of the molecule is N#CCCNC(=O)COc1cc(N)ccc1C(=O)O. The Morgan fingerprint density at radius 1 is 1.47 bits per heavy atom. The van der Waals surface area contributed by atoms with Crippen LogP contribution in [0, 0.1) is 11.3 Å². The molecule has 0 atom stereocenters. The van der Waals surface area contributed by atoms with Gasteiger partial charge in [0.2, 0.25) is 0 Å². The van der Waals surface area contributed by atoms with Crippen molar-refractivity contribution in [2.24, 2.45) is 0 Å². The summed E-state index contributed by atoms with van der Waals surface area (Å²) < 4.78 is 5.12. The minimum absolute atomic E-state index is 0.0305. The molecule has 1 aromatic rings. The normalized spacial score (nSPS) is 9.42. The molecule has 0 aliphatic heterocycles. The maximum atomic E-state index is 11.3. The number of amides is 1. The second-order valence-electron chi connectivity index (χ2n) is 3.61. The monoisotopic (exact) mass is 263 g/mol. The summed E-state index contributed by atoms with van der Waals surface area (Å²) in [6.45, 7) is -0.115. The Labute approximate surface area is 109 Å². The minimum Gasteiger partial charge on any atom is -0.483 e. The lowest BCUT2D eigenvalue weighted by molar-refractivity contribution is -0.123. The highest BCUT2D eigenvalue weighted by Gasteiger charge is 2.12. The van der Waals surface area contributed by atoms with Crippen LogP contribution in [0.2, 0.25) is 0 Å². The molecule has 100 valence electrons. The first kappa shape index (κ1) is 14.3. The zero-order valence-corrected chi connectivity index (χ0v) is 10.0. The molecule has 7 heteroatoms. The number of aromatic carboxylic acids is 1. The highest BCUT2D eigenvalue weighted by Crippen LogP contribution is 2.21. The summed E-state index contributed by atoms with van der Waals surface area (Å²) in [6.07, 6.45) is 0.199. The van der Waals surface area contributed by atoms with Crippen molar-refractivity contribution in [3.63, 3.8) is 0 Å². The molecule has 1 amide bonds. The number of nitrogens with two attached hydrogens (primary N) is 1. The van der Waals surface area contributed by atoms with Gasteiger partial charge in [0.25, 0.3) is 5.91 Å². The van der Waals surface area contributed by atoms with Gasteiger partial charge in [-0.25, -0.2) is 4.79 Å². The molecule has 0 aliphatic carbocycles. The Bertz CT molecular complexity index is 522. The van der Waals surface area contributed by atoms with E-state index in [1.54, 1.807) is 0 Å². The Morgan fingerprint density at radius 2 is 2.21 bits per heavy atom. The number of nitrogens with zero attached hydrogens (tertiary/aromatic N) is 1. The highest BCUT2D eigenvalue weighted by atomic mass is 16.5. The quantitative estimate of drug-likeness (QED) is 0.503. The summed E-state index contributed by atoms with van der Waals surface area (Å²) in [5.41, 5.74) is 5.79. The van der Waals surface area contributed by atoms with E-state index in [1.165, 1.54) is 18.2 Å². The maximum absolute atomic E-state index is 11.3. The number of carboxylic acids is 1. The third-order valence-electron chi connectivity index (χ3n) is 2.15. The summed E-state index contributed by atoms with van der Waals surface area (Å²) in [4.78, 5) is 22.3. The number of carbonyl (C=O) groups is 2. The van der Waals surface area contributed by atoms with Crippen molar-refractivity contribution in [2.75, 3.05) is 18.9 Å². The molecule has 4 N–H and O–H groups in total. The van der Waals surface area contributed by atoms with Gasteiger partial charge in [0.05, 0.1) is 12.5 Å². The van der Waals surface area contributed by atoms with E-state index in [1.807, 2.05) is 6.07 Å². The smallest absolute Gasteiger partial charge is 0.339 e. The number of nitrogen functional groups attached to an aromatic ring is 1. The van der Waals surface area contributed by atoms with Crippen molar-refractivity contribution in [3.8, 4) is 11.8 Å². The zero-order valence-electron chi connectivity index (χ0n) is 10.0. The van der Waals surface area contributed by atoms with Gasteiger partial charge in [0.1, 0.15) is 11.3 Å². The molecular weight excluding hydrogens is 250 g/mol. The number of rotatable bonds is 6. The van der Waals surface area contributed by atoms with Gasteiger partial charge in [0.15, 0.2) is 6.61 Å². The molecule has 0 aromatic heterocycles. The van der Waals surface area contributed by atoms with Gasteiger partial charge in [-0.1, -0.05) is 0 Å². The number of nitrogens with one attached hydrogen (secondary N) is 1. The molecule has 0 unspecified atom stereocenters.